The van der Waals surface area contributed by atoms with Gasteiger partial charge in [0.2, 0.25) is 0 Å². The zero-order valence-electron chi connectivity index (χ0n) is 16.4. The molecule has 5 rings (SSSR count). The Morgan fingerprint density at radius 3 is 2.14 bits per heavy atom. The molecule has 2 fully saturated rings. The van der Waals surface area contributed by atoms with Gasteiger partial charge in [0.05, 0.1) is 12.1 Å². The van der Waals surface area contributed by atoms with E-state index in [1.54, 1.807) is 11.9 Å². The van der Waals surface area contributed by atoms with E-state index in [1.165, 1.54) is 41.5 Å². The summed E-state index contributed by atoms with van der Waals surface area (Å²) in [5.74, 6) is 0.0641. The van der Waals surface area contributed by atoms with Crippen LogP contribution in [0.5, 0.6) is 0 Å². The van der Waals surface area contributed by atoms with Crippen LogP contribution in [0.1, 0.15) is 49.1 Å². The van der Waals surface area contributed by atoms with Crippen molar-refractivity contribution in [3.8, 4) is 11.1 Å². The van der Waals surface area contributed by atoms with Gasteiger partial charge in [0.15, 0.2) is 0 Å². The van der Waals surface area contributed by atoms with Gasteiger partial charge >= 0.3 is 6.09 Å². The Morgan fingerprint density at radius 2 is 1.64 bits per heavy atom. The van der Waals surface area contributed by atoms with Crippen LogP contribution in [0, 0.1) is 5.41 Å². The first kappa shape index (κ1) is 17.7. The Bertz CT molecular complexity index is 864. The summed E-state index contributed by atoms with van der Waals surface area (Å²) >= 11 is 0. The van der Waals surface area contributed by atoms with E-state index in [4.69, 9.17) is 4.74 Å². The minimum absolute atomic E-state index is 0.00937. The molecule has 4 nitrogen and oxygen atoms in total. The number of hydrogen-bond donors (Lipinski definition) is 1. The summed E-state index contributed by atoms with van der Waals surface area (Å²) in [5.41, 5.74) is 4.82. The van der Waals surface area contributed by atoms with E-state index in [9.17, 15) is 9.90 Å². The number of rotatable bonds is 4. The third-order valence-electron chi connectivity index (χ3n) is 7.44. The standard InChI is InChI=1S/C24H27NO3/c1-25(24(16-26)14-23(15-24)11-6-12-23)22(27)28-13-21-19-9-4-2-7-17(19)18-8-3-5-10-20(18)21/h2-5,7-10,21,26H,6,11-16H2,1H3. The lowest BCUT2D eigenvalue weighted by atomic mass is 9.48. The predicted octanol–water partition coefficient (Wildman–Crippen LogP) is 4.56. The van der Waals surface area contributed by atoms with Crippen LogP contribution in [0.25, 0.3) is 11.1 Å². The molecular formula is C24H27NO3. The van der Waals surface area contributed by atoms with Crippen molar-refractivity contribution in [1.29, 1.82) is 0 Å². The third-order valence-corrected chi connectivity index (χ3v) is 7.44. The van der Waals surface area contributed by atoms with Crippen LogP contribution in [-0.4, -0.2) is 41.9 Å². The van der Waals surface area contributed by atoms with E-state index in [2.05, 4.69) is 36.4 Å². The summed E-state index contributed by atoms with van der Waals surface area (Å²) in [6, 6.07) is 16.7. The number of aliphatic hydroxyl groups excluding tert-OH is 1. The highest BCUT2D eigenvalue weighted by Crippen LogP contribution is 2.62. The molecule has 0 saturated heterocycles. The molecule has 146 valence electrons. The molecule has 1 N–H and O–H groups in total. The molecule has 1 amide bonds. The summed E-state index contributed by atoms with van der Waals surface area (Å²) < 4.78 is 5.78. The fraction of sp³-hybridized carbons (Fsp3) is 0.458. The number of amides is 1. The lowest BCUT2D eigenvalue weighted by Crippen LogP contribution is -2.66. The van der Waals surface area contributed by atoms with Gasteiger partial charge in [-0.2, -0.15) is 0 Å². The summed E-state index contributed by atoms with van der Waals surface area (Å²) in [5, 5.41) is 10.00. The van der Waals surface area contributed by atoms with E-state index < -0.39 is 5.54 Å². The number of nitrogens with zero attached hydrogens (tertiary/aromatic N) is 1. The Balaban J connectivity index is 1.30. The molecule has 0 heterocycles. The maximum Gasteiger partial charge on any atom is 0.410 e. The van der Waals surface area contributed by atoms with Gasteiger partial charge in [-0.15, -0.1) is 0 Å². The lowest BCUT2D eigenvalue weighted by molar-refractivity contribution is -0.130. The maximum absolute atomic E-state index is 12.8. The van der Waals surface area contributed by atoms with Crippen molar-refractivity contribution < 1.29 is 14.6 Å². The first-order chi connectivity index (χ1) is 13.6. The van der Waals surface area contributed by atoms with Crippen LogP contribution in [-0.2, 0) is 4.74 Å². The molecular weight excluding hydrogens is 350 g/mol. The number of ether oxygens (including phenoxy) is 1. The van der Waals surface area contributed by atoms with Gasteiger partial charge in [-0.05, 0) is 53.4 Å². The first-order valence-electron chi connectivity index (χ1n) is 10.3. The average Bonchev–Trinajstić information content (AvgIpc) is 2.98. The normalized spacial score (nSPS) is 20.6. The first-order valence-corrected chi connectivity index (χ1v) is 10.3. The van der Waals surface area contributed by atoms with E-state index in [0.29, 0.717) is 12.0 Å². The van der Waals surface area contributed by atoms with Gasteiger partial charge < -0.3 is 14.7 Å². The minimum atomic E-state index is -0.441. The molecule has 0 atom stereocenters. The molecule has 0 unspecified atom stereocenters. The highest BCUT2D eigenvalue weighted by molar-refractivity contribution is 5.79. The number of aliphatic hydroxyl groups is 1. The van der Waals surface area contributed by atoms with Gasteiger partial charge in [0.1, 0.15) is 6.61 Å². The van der Waals surface area contributed by atoms with E-state index in [-0.39, 0.29) is 18.6 Å². The lowest BCUT2D eigenvalue weighted by Gasteiger charge is -2.62. The van der Waals surface area contributed by atoms with Crippen molar-refractivity contribution in [3.63, 3.8) is 0 Å². The van der Waals surface area contributed by atoms with E-state index in [0.717, 1.165) is 12.8 Å². The van der Waals surface area contributed by atoms with Crippen molar-refractivity contribution in [2.45, 2.75) is 43.6 Å². The number of carbonyl (C=O) groups is 1. The van der Waals surface area contributed by atoms with Gasteiger partial charge in [-0.3, -0.25) is 0 Å². The largest absolute Gasteiger partial charge is 0.448 e. The van der Waals surface area contributed by atoms with Gasteiger partial charge in [-0.25, -0.2) is 4.79 Å². The van der Waals surface area contributed by atoms with Crippen molar-refractivity contribution >= 4 is 6.09 Å². The number of fused-ring (bicyclic) bond motifs is 3. The molecule has 4 heteroatoms. The molecule has 1 spiro atoms. The maximum atomic E-state index is 12.8. The fourth-order valence-electron chi connectivity index (χ4n) is 5.71. The summed E-state index contributed by atoms with van der Waals surface area (Å²) in [6.07, 6.45) is 5.20. The van der Waals surface area contributed by atoms with Crippen LogP contribution >= 0.6 is 0 Å². The number of hydrogen-bond acceptors (Lipinski definition) is 3. The molecule has 0 bridgehead atoms. The fourth-order valence-corrected chi connectivity index (χ4v) is 5.71. The van der Waals surface area contributed by atoms with Crippen LogP contribution in [0.4, 0.5) is 4.79 Å². The number of benzene rings is 2. The Morgan fingerprint density at radius 1 is 1.07 bits per heavy atom. The van der Waals surface area contributed by atoms with Crippen LogP contribution in [0.3, 0.4) is 0 Å². The molecule has 28 heavy (non-hydrogen) atoms. The van der Waals surface area contributed by atoms with E-state index in [1.807, 2.05) is 12.1 Å². The van der Waals surface area contributed by atoms with Crippen LogP contribution < -0.4 is 0 Å². The molecule has 2 saturated carbocycles. The predicted molar refractivity (Wildman–Crippen MR) is 108 cm³/mol. The van der Waals surface area contributed by atoms with Crippen molar-refractivity contribution in [2.75, 3.05) is 20.3 Å². The van der Waals surface area contributed by atoms with Crippen LogP contribution in [0.15, 0.2) is 48.5 Å². The summed E-state index contributed by atoms with van der Waals surface area (Å²) in [7, 11) is 1.78. The molecule has 3 aliphatic carbocycles. The highest BCUT2D eigenvalue weighted by Gasteiger charge is 2.59. The van der Waals surface area contributed by atoms with Crippen LogP contribution in [0.2, 0.25) is 0 Å². The summed E-state index contributed by atoms with van der Waals surface area (Å²) in [6.45, 7) is 0.333. The molecule has 0 aromatic heterocycles. The minimum Gasteiger partial charge on any atom is -0.448 e. The van der Waals surface area contributed by atoms with Gasteiger partial charge in [0, 0.05) is 13.0 Å². The number of likely N-dealkylation sites (N-methyl/N-ethyl adjacent to an activating group) is 1. The topological polar surface area (TPSA) is 49.8 Å². The molecule has 2 aromatic rings. The van der Waals surface area contributed by atoms with Crippen molar-refractivity contribution in [2.24, 2.45) is 5.41 Å². The smallest absolute Gasteiger partial charge is 0.410 e. The molecule has 2 aromatic carbocycles. The van der Waals surface area contributed by atoms with Crippen molar-refractivity contribution in [1.82, 2.24) is 4.90 Å². The second-order valence-electron chi connectivity index (χ2n) is 8.95. The molecule has 3 aliphatic rings. The quantitative estimate of drug-likeness (QED) is 0.850. The Kier molecular flexibility index (Phi) is 4.02. The Labute approximate surface area is 166 Å². The number of carbonyl (C=O) groups excluding carboxylic acids is 1. The third kappa shape index (κ3) is 2.51. The van der Waals surface area contributed by atoms with E-state index >= 15 is 0 Å². The molecule has 0 radical (unpaired) electrons. The van der Waals surface area contributed by atoms with Crippen molar-refractivity contribution in [3.05, 3.63) is 59.7 Å². The second-order valence-corrected chi connectivity index (χ2v) is 8.95. The summed E-state index contributed by atoms with van der Waals surface area (Å²) in [4.78, 5) is 14.5. The zero-order chi connectivity index (χ0) is 19.4. The van der Waals surface area contributed by atoms with Gasteiger partial charge in [-0.1, -0.05) is 55.0 Å². The monoisotopic (exact) mass is 377 g/mol. The molecule has 0 aliphatic heterocycles. The average molecular weight is 377 g/mol. The zero-order valence-corrected chi connectivity index (χ0v) is 16.4. The SMILES string of the molecule is CN(C(=O)OCC1c2ccccc2-c2ccccc21)C1(CO)CC2(CCC2)C1. The Hall–Kier alpha value is -2.33. The van der Waals surface area contributed by atoms with Gasteiger partial charge in [0.25, 0.3) is 0 Å². The highest BCUT2D eigenvalue weighted by atomic mass is 16.6. The second kappa shape index (κ2) is 6.35.